The van der Waals surface area contributed by atoms with E-state index in [9.17, 15) is 0 Å². The number of hydrogen-bond donors (Lipinski definition) is 2. The first-order valence-corrected chi connectivity index (χ1v) is 4.97. The molecule has 0 amide bonds. The predicted octanol–water partition coefficient (Wildman–Crippen LogP) is 2.32. The van der Waals surface area contributed by atoms with E-state index in [0.29, 0.717) is 5.69 Å². The second-order valence-corrected chi connectivity index (χ2v) is 4.19. The maximum atomic E-state index is 5.87. The third-order valence-electron chi connectivity index (χ3n) is 2.79. The summed E-state index contributed by atoms with van der Waals surface area (Å²) in [6.07, 6.45) is 1.65. The molecule has 0 bridgehead atoms. The van der Waals surface area contributed by atoms with Crippen molar-refractivity contribution in [3.8, 4) is 0 Å². The van der Waals surface area contributed by atoms with E-state index in [1.54, 1.807) is 6.20 Å². The number of aromatic amines is 1. The van der Waals surface area contributed by atoms with Crippen molar-refractivity contribution in [3.05, 3.63) is 47.8 Å². The molecule has 2 aromatic rings. The number of hydrogen-bond acceptors (Lipinski definition) is 2. The number of nitrogens with zero attached hydrogens (tertiary/aromatic N) is 1. The van der Waals surface area contributed by atoms with Crippen LogP contribution in [0.5, 0.6) is 0 Å². The Hall–Kier alpha value is -1.77. The highest BCUT2D eigenvalue weighted by atomic mass is 15.1. The lowest BCUT2D eigenvalue weighted by Crippen LogP contribution is -2.20. The highest BCUT2D eigenvalue weighted by Gasteiger charge is 2.26. The SMILES string of the molecule is CC(C)(c1ccccc1)c1[nH]ncc1N. The third-order valence-corrected chi connectivity index (χ3v) is 2.79. The van der Waals surface area contributed by atoms with Gasteiger partial charge >= 0.3 is 0 Å². The summed E-state index contributed by atoms with van der Waals surface area (Å²) in [6.45, 7) is 4.26. The van der Waals surface area contributed by atoms with E-state index < -0.39 is 0 Å². The fourth-order valence-corrected chi connectivity index (χ4v) is 1.80. The van der Waals surface area contributed by atoms with Crippen molar-refractivity contribution < 1.29 is 0 Å². The van der Waals surface area contributed by atoms with Crippen molar-refractivity contribution in [2.45, 2.75) is 19.3 Å². The van der Waals surface area contributed by atoms with E-state index in [-0.39, 0.29) is 5.41 Å². The summed E-state index contributed by atoms with van der Waals surface area (Å²) in [4.78, 5) is 0. The maximum absolute atomic E-state index is 5.87. The molecule has 0 spiro atoms. The standard InChI is InChI=1S/C12H15N3/c1-12(2,9-6-4-3-5-7-9)11-10(13)8-14-15-11/h3-8H,13H2,1-2H3,(H,14,15). The molecule has 2 rings (SSSR count). The van der Waals surface area contributed by atoms with Gasteiger partial charge in [-0.25, -0.2) is 0 Å². The fraction of sp³-hybridized carbons (Fsp3) is 0.250. The minimum atomic E-state index is -0.137. The number of nitrogens with two attached hydrogens (primary N) is 1. The molecule has 15 heavy (non-hydrogen) atoms. The van der Waals surface area contributed by atoms with Gasteiger partial charge < -0.3 is 5.73 Å². The van der Waals surface area contributed by atoms with Crippen LogP contribution in [0, 0.1) is 0 Å². The molecule has 0 unspecified atom stereocenters. The molecule has 0 aliphatic heterocycles. The molecule has 78 valence electrons. The van der Waals surface area contributed by atoms with Crippen LogP contribution in [0.3, 0.4) is 0 Å². The number of aromatic nitrogens is 2. The molecule has 1 aromatic carbocycles. The maximum Gasteiger partial charge on any atom is 0.0739 e. The zero-order chi connectivity index (χ0) is 10.9. The number of anilines is 1. The minimum absolute atomic E-state index is 0.137. The van der Waals surface area contributed by atoms with E-state index >= 15 is 0 Å². The van der Waals surface area contributed by atoms with Gasteiger partial charge in [-0.2, -0.15) is 5.10 Å². The van der Waals surface area contributed by atoms with Crippen molar-refractivity contribution in [1.82, 2.24) is 10.2 Å². The van der Waals surface area contributed by atoms with E-state index in [0.717, 1.165) is 5.69 Å². The van der Waals surface area contributed by atoms with Gasteiger partial charge in [0.25, 0.3) is 0 Å². The van der Waals surface area contributed by atoms with Crippen LogP contribution in [0.25, 0.3) is 0 Å². The minimum Gasteiger partial charge on any atom is -0.396 e. The Balaban J connectivity index is 2.48. The number of H-pyrrole nitrogens is 1. The number of nitrogens with one attached hydrogen (secondary N) is 1. The molecule has 3 N–H and O–H groups in total. The first kappa shape index (κ1) is 9.77. The van der Waals surface area contributed by atoms with Gasteiger partial charge in [0.2, 0.25) is 0 Å². The first-order chi connectivity index (χ1) is 7.12. The molecule has 3 nitrogen and oxygen atoms in total. The van der Waals surface area contributed by atoms with Gasteiger partial charge in [-0.3, -0.25) is 5.10 Å². The quantitative estimate of drug-likeness (QED) is 0.783. The molecule has 0 aliphatic rings. The summed E-state index contributed by atoms with van der Waals surface area (Å²) in [6, 6.07) is 10.3. The largest absolute Gasteiger partial charge is 0.396 e. The van der Waals surface area contributed by atoms with Crippen molar-refractivity contribution >= 4 is 5.69 Å². The Labute approximate surface area is 89.3 Å². The van der Waals surface area contributed by atoms with Crippen molar-refractivity contribution in [2.75, 3.05) is 5.73 Å². The molecule has 0 radical (unpaired) electrons. The lowest BCUT2D eigenvalue weighted by molar-refractivity contribution is 0.616. The zero-order valence-electron chi connectivity index (χ0n) is 8.99. The molecule has 1 heterocycles. The Kier molecular flexibility index (Phi) is 2.23. The smallest absolute Gasteiger partial charge is 0.0739 e. The number of benzene rings is 1. The van der Waals surface area contributed by atoms with Crippen LogP contribution in [-0.2, 0) is 5.41 Å². The highest BCUT2D eigenvalue weighted by molar-refractivity contribution is 5.49. The fourth-order valence-electron chi connectivity index (χ4n) is 1.80. The molecule has 1 aromatic heterocycles. The van der Waals surface area contributed by atoms with Gasteiger partial charge in [0.05, 0.1) is 17.6 Å². The van der Waals surface area contributed by atoms with Crippen LogP contribution in [-0.4, -0.2) is 10.2 Å². The second kappa shape index (κ2) is 3.42. The Morgan fingerprint density at radius 2 is 1.87 bits per heavy atom. The summed E-state index contributed by atoms with van der Waals surface area (Å²) in [5.41, 5.74) is 8.63. The Morgan fingerprint density at radius 1 is 1.20 bits per heavy atom. The average molecular weight is 201 g/mol. The van der Waals surface area contributed by atoms with Crippen molar-refractivity contribution in [3.63, 3.8) is 0 Å². The van der Waals surface area contributed by atoms with Gasteiger partial charge in [0, 0.05) is 5.41 Å². The molecular weight excluding hydrogens is 186 g/mol. The summed E-state index contributed by atoms with van der Waals surface area (Å²) < 4.78 is 0. The van der Waals surface area contributed by atoms with Crippen molar-refractivity contribution in [1.29, 1.82) is 0 Å². The Bertz CT molecular complexity index is 443. The van der Waals surface area contributed by atoms with Gasteiger partial charge in [-0.05, 0) is 5.56 Å². The molecule has 0 atom stereocenters. The molecule has 3 heteroatoms. The van der Waals surface area contributed by atoms with E-state index in [1.807, 2.05) is 18.2 Å². The van der Waals surface area contributed by atoms with Crippen LogP contribution in [0.4, 0.5) is 5.69 Å². The van der Waals surface area contributed by atoms with E-state index in [2.05, 4.69) is 36.2 Å². The molecule has 0 aliphatic carbocycles. The van der Waals surface area contributed by atoms with Crippen LogP contribution < -0.4 is 5.73 Å². The first-order valence-electron chi connectivity index (χ1n) is 4.97. The van der Waals surface area contributed by atoms with Crippen LogP contribution in [0.15, 0.2) is 36.5 Å². The van der Waals surface area contributed by atoms with Gasteiger partial charge in [-0.15, -0.1) is 0 Å². The van der Waals surface area contributed by atoms with Gasteiger partial charge in [-0.1, -0.05) is 44.2 Å². The second-order valence-electron chi connectivity index (χ2n) is 4.19. The zero-order valence-corrected chi connectivity index (χ0v) is 8.99. The van der Waals surface area contributed by atoms with E-state index in [1.165, 1.54) is 5.56 Å². The topological polar surface area (TPSA) is 54.7 Å². The van der Waals surface area contributed by atoms with Gasteiger partial charge in [0.15, 0.2) is 0 Å². The summed E-state index contributed by atoms with van der Waals surface area (Å²) in [5, 5.41) is 6.93. The molecule has 0 saturated heterocycles. The van der Waals surface area contributed by atoms with Crippen LogP contribution in [0.2, 0.25) is 0 Å². The average Bonchev–Trinajstić information content (AvgIpc) is 2.66. The van der Waals surface area contributed by atoms with Crippen molar-refractivity contribution in [2.24, 2.45) is 0 Å². The summed E-state index contributed by atoms with van der Waals surface area (Å²) in [5.74, 6) is 0. The predicted molar refractivity (Wildman–Crippen MR) is 61.6 cm³/mol. The highest BCUT2D eigenvalue weighted by Crippen LogP contribution is 2.32. The lowest BCUT2D eigenvalue weighted by Gasteiger charge is -2.24. The molecule has 0 fully saturated rings. The third kappa shape index (κ3) is 1.61. The van der Waals surface area contributed by atoms with Gasteiger partial charge in [0.1, 0.15) is 0 Å². The van der Waals surface area contributed by atoms with Crippen LogP contribution in [0.1, 0.15) is 25.1 Å². The number of rotatable bonds is 2. The lowest BCUT2D eigenvalue weighted by atomic mass is 9.81. The summed E-state index contributed by atoms with van der Waals surface area (Å²) >= 11 is 0. The number of nitrogen functional groups attached to an aromatic ring is 1. The normalized spacial score (nSPS) is 11.6. The summed E-state index contributed by atoms with van der Waals surface area (Å²) in [7, 11) is 0. The van der Waals surface area contributed by atoms with E-state index in [4.69, 9.17) is 5.73 Å². The monoisotopic (exact) mass is 201 g/mol. The molecular formula is C12H15N3. The Morgan fingerprint density at radius 3 is 2.40 bits per heavy atom. The van der Waals surface area contributed by atoms with Crippen LogP contribution >= 0.6 is 0 Å². The molecule has 0 saturated carbocycles.